The van der Waals surface area contributed by atoms with E-state index < -0.39 is 16.0 Å². The number of benzene rings is 1. The van der Waals surface area contributed by atoms with Gasteiger partial charge in [-0.1, -0.05) is 13.0 Å². The Balaban J connectivity index is 3.36. The number of carboxylic acid groups (broad SMARTS) is 1. The number of likely N-dealkylation sites (N-methyl/N-ethyl adjacent to an activating group) is 1. The molecule has 1 atom stereocenters. The van der Waals surface area contributed by atoms with Gasteiger partial charge in [0.2, 0.25) is 10.0 Å². The van der Waals surface area contributed by atoms with Gasteiger partial charge < -0.3 is 9.84 Å². The lowest BCUT2D eigenvalue weighted by molar-refractivity contribution is 0.0696. The molecule has 0 saturated heterocycles. The van der Waals surface area contributed by atoms with Crippen LogP contribution in [0.5, 0.6) is 0 Å². The lowest BCUT2D eigenvalue weighted by Crippen LogP contribution is -2.41. The summed E-state index contributed by atoms with van der Waals surface area (Å²) < 4.78 is 31.8. The van der Waals surface area contributed by atoms with Crippen LogP contribution in [0.4, 0.5) is 0 Å². The fraction of sp³-hybridized carbons (Fsp3) is 0.500. The van der Waals surface area contributed by atoms with E-state index in [0.717, 1.165) is 0 Å². The molecule has 0 spiro atoms. The third kappa shape index (κ3) is 3.61. The molecule has 0 aliphatic carbocycles. The molecule has 0 aliphatic rings. The standard InChI is InChI=1S/C14H21NO5S/c1-5-15(10(2)9-20-4)21(18,19)13-8-6-7-12(11(13)3)14(16)17/h6-8,10H,5,9H2,1-4H3,(H,16,17). The summed E-state index contributed by atoms with van der Waals surface area (Å²) in [6.07, 6.45) is 0. The SMILES string of the molecule is CCN(C(C)COC)S(=O)(=O)c1cccc(C(=O)O)c1C. The third-order valence-electron chi connectivity index (χ3n) is 3.31. The highest BCUT2D eigenvalue weighted by molar-refractivity contribution is 7.89. The van der Waals surface area contributed by atoms with Crippen LogP contribution in [-0.2, 0) is 14.8 Å². The Morgan fingerprint density at radius 1 is 1.43 bits per heavy atom. The Kier molecular flexibility index (Phi) is 5.88. The number of hydrogen-bond donors (Lipinski definition) is 1. The van der Waals surface area contributed by atoms with Crippen molar-refractivity contribution in [3.63, 3.8) is 0 Å². The smallest absolute Gasteiger partial charge is 0.335 e. The molecule has 0 aliphatic heterocycles. The second-order valence-electron chi connectivity index (χ2n) is 4.75. The molecule has 6 nitrogen and oxygen atoms in total. The van der Waals surface area contributed by atoms with E-state index in [0.29, 0.717) is 0 Å². The van der Waals surface area contributed by atoms with Crippen LogP contribution >= 0.6 is 0 Å². The van der Waals surface area contributed by atoms with Crippen molar-refractivity contribution in [2.75, 3.05) is 20.3 Å². The largest absolute Gasteiger partial charge is 0.478 e. The van der Waals surface area contributed by atoms with Gasteiger partial charge in [0, 0.05) is 19.7 Å². The van der Waals surface area contributed by atoms with Crippen molar-refractivity contribution in [3.05, 3.63) is 29.3 Å². The van der Waals surface area contributed by atoms with E-state index >= 15 is 0 Å². The summed E-state index contributed by atoms with van der Waals surface area (Å²) in [4.78, 5) is 11.2. The molecule has 0 saturated carbocycles. The Hall–Kier alpha value is -1.44. The summed E-state index contributed by atoms with van der Waals surface area (Å²) in [6, 6.07) is 3.93. The maximum absolute atomic E-state index is 12.8. The fourth-order valence-corrected chi connectivity index (χ4v) is 4.17. The van der Waals surface area contributed by atoms with Crippen LogP contribution in [-0.4, -0.2) is 50.1 Å². The maximum atomic E-state index is 12.8. The van der Waals surface area contributed by atoms with Crippen LogP contribution in [0, 0.1) is 6.92 Å². The van der Waals surface area contributed by atoms with Gasteiger partial charge in [-0.05, 0) is 31.5 Å². The number of aromatic carboxylic acids is 1. The predicted molar refractivity (Wildman–Crippen MR) is 79.0 cm³/mol. The molecule has 0 aromatic heterocycles. The summed E-state index contributed by atoms with van der Waals surface area (Å²) in [5.41, 5.74) is 0.236. The van der Waals surface area contributed by atoms with Gasteiger partial charge in [0.25, 0.3) is 0 Å². The molecule has 1 rings (SSSR count). The summed E-state index contributed by atoms with van der Waals surface area (Å²) in [5, 5.41) is 9.12. The topological polar surface area (TPSA) is 83.9 Å². The summed E-state index contributed by atoms with van der Waals surface area (Å²) in [7, 11) is -2.26. The molecular weight excluding hydrogens is 294 g/mol. The van der Waals surface area contributed by atoms with E-state index in [1.807, 2.05) is 0 Å². The Morgan fingerprint density at radius 3 is 2.52 bits per heavy atom. The minimum Gasteiger partial charge on any atom is -0.478 e. The molecule has 7 heteroatoms. The Morgan fingerprint density at radius 2 is 2.05 bits per heavy atom. The second kappa shape index (κ2) is 7.02. The summed E-state index contributed by atoms with van der Waals surface area (Å²) >= 11 is 0. The Bertz CT molecular complexity index is 612. The number of methoxy groups -OCH3 is 1. The van der Waals surface area contributed by atoms with E-state index in [2.05, 4.69) is 0 Å². The van der Waals surface area contributed by atoms with Crippen LogP contribution in [0.2, 0.25) is 0 Å². The third-order valence-corrected chi connectivity index (χ3v) is 5.55. The lowest BCUT2D eigenvalue weighted by atomic mass is 10.1. The van der Waals surface area contributed by atoms with Crippen LogP contribution in [0.15, 0.2) is 23.1 Å². The van der Waals surface area contributed by atoms with Crippen LogP contribution < -0.4 is 0 Å². The molecule has 21 heavy (non-hydrogen) atoms. The van der Waals surface area contributed by atoms with E-state index in [1.165, 1.54) is 36.5 Å². The first kappa shape index (κ1) is 17.6. The zero-order valence-electron chi connectivity index (χ0n) is 12.7. The quantitative estimate of drug-likeness (QED) is 0.828. The average Bonchev–Trinajstić information content (AvgIpc) is 2.39. The van der Waals surface area contributed by atoms with Crippen molar-refractivity contribution in [1.29, 1.82) is 0 Å². The number of sulfonamides is 1. The molecule has 1 N–H and O–H groups in total. The van der Waals surface area contributed by atoms with Crippen molar-refractivity contribution in [1.82, 2.24) is 4.31 Å². The maximum Gasteiger partial charge on any atom is 0.335 e. The molecule has 0 bridgehead atoms. The highest BCUT2D eigenvalue weighted by Crippen LogP contribution is 2.24. The van der Waals surface area contributed by atoms with E-state index in [9.17, 15) is 13.2 Å². The van der Waals surface area contributed by atoms with Crippen molar-refractivity contribution in [2.45, 2.75) is 31.7 Å². The van der Waals surface area contributed by atoms with Crippen molar-refractivity contribution in [3.8, 4) is 0 Å². The van der Waals surface area contributed by atoms with Gasteiger partial charge >= 0.3 is 5.97 Å². The molecular formula is C14H21NO5S. The molecule has 0 fully saturated rings. The minimum absolute atomic E-state index is 0.00785. The van der Waals surface area contributed by atoms with Crippen LogP contribution in [0.3, 0.4) is 0 Å². The highest BCUT2D eigenvalue weighted by Gasteiger charge is 2.30. The van der Waals surface area contributed by atoms with Gasteiger partial charge in [-0.15, -0.1) is 0 Å². The van der Waals surface area contributed by atoms with Crippen LogP contribution in [0.25, 0.3) is 0 Å². The molecule has 1 aromatic rings. The molecule has 1 aromatic carbocycles. The number of hydrogen-bond acceptors (Lipinski definition) is 4. The van der Waals surface area contributed by atoms with Crippen molar-refractivity contribution >= 4 is 16.0 Å². The van der Waals surface area contributed by atoms with Gasteiger partial charge in [0.15, 0.2) is 0 Å². The van der Waals surface area contributed by atoms with Crippen molar-refractivity contribution in [2.24, 2.45) is 0 Å². The van der Waals surface area contributed by atoms with Gasteiger partial charge in [0.05, 0.1) is 17.1 Å². The Labute approximate surface area is 125 Å². The van der Waals surface area contributed by atoms with Crippen molar-refractivity contribution < 1.29 is 23.1 Å². The number of carbonyl (C=O) groups is 1. The molecule has 0 heterocycles. The van der Waals surface area contributed by atoms with E-state index in [-0.39, 0.29) is 35.2 Å². The zero-order chi connectivity index (χ0) is 16.2. The van der Waals surface area contributed by atoms with E-state index in [1.54, 1.807) is 13.8 Å². The highest BCUT2D eigenvalue weighted by atomic mass is 32.2. The lowest BCUT2D eigenvalue weighted by Gasteiger charge is -2.27. The molecule has 0 amide bonds. The minimum atomic E-state index is -3.77. The zero-order valence-corrected chi connectivity index (χ0v) is 13.5. The number of nitrogens with zero attached hydrogens (tertiary/aromatic N) is 1. The number of rotatable bonds is 7. The van der Waals surface area contributed by atoms with Crippen LogP contribution in [0.1, 0.15) is 29.8 Å². The first-order chi connectivity index (χ1) is 9.77. The summed E-state index contributed by atoms with van der Waals surface area (Å²) in [6.45, 7) is 5.54. The summed E-state index contributed by atoms with van der Waals surface area (Å²) in [5.74, 6) is -1.14. The first-order valence-corrected chi connectivity index (χ1v) is 8.05. The van der Waals surface area contributed by atoms with Gasteiger partial charge in [-0.25, -0.2) is 13.2 Å². The predicted octanol–water partition coefficient (Wildman–Crippen LogP) is 1.74. The van der Waals surface area contributed by atoms with Gasteiger partial charge in [-0.2, -0.15) is 4.31 Å². The fourth-order valence-electron chi connectivity index (χ4n) is 2.29. The normalized spacial score (nSPS) is 13.4. The number of ether oxygens (including phenoxy) is 1. The van der Waals surface area contributed by atoms with Gasteiger partial charge in [-0.3, -0.25) is 0 Å². The molecule has 118 valence electrons. The first-order valence-electron chi connectivity index (χ1n) is 6.61. The average molecular weight is 315 g/mol. The van der Waals surface area contributed by atoms with E-state index in [4.69, 9.17) is 9.84 Å². The number of carboxylic acids is 1. The monoisotopic (exact) mass is 315 g/mol. The van der Waals surface area contributed by atoms with Gasteiger partial charge in [0.1, 0.15) is 0 Å². The molecule has 0 radical (unpaired) electrons. The molecule has 1 unspecified atom stereocenters. The second-order valence-corrected chi connectivity index (χ2v) is 6.61.